The third kappa shape index (κ3) is 5.49. The second-order valence-electron chi connectivity index (χ2n) is 12.3. The zero-order valence-electron chi connectivity index (χ0n) is 25.2. The lowest BCUT2D eigenvalue weighted by atomic mass is 9.97. The van der Waals surface area contributed by atoms with E-state index in [2.05, 4.69) is 172 Å². The van der Waals surface area contributed by atoms with Crippen molar-refractivity contribution in [1.29, 1.82) is 0 Å². The molecule has 216 valence electrons. The summed E-state index contributed by atoms with van der Waals surface area (Å²) in [4.78, 5) is 0. The van der Waals surface area contributed by atoms with Gasteiger partial charge in [0, 0.05) is 21.6 Å². The van der Waals surface area contributed by atoms with E-state index < -0.39 is 8.32 Å². The van der Waals surface area contributed by atoms with Crippen molar-refractivity contribution < 1.29 is 4.43 Å². The number of halogens is 1. The summed E-state index contributed by atoms with van der Waals surface area (Å²) in [5.41, 5.74) is 4.71. The van der Waals surface area contributed by atoms with Crippen molar-refractivity contribution in [3.8, 4) is 0 Å². The van der Waals surface area contributed by atoms with Crippen molar-refractivity contribution in [2.75, 3.05) is 0 Å². The van der Waals surface area contributed by atoms with Crippen LogP contribution in [0.15, 0.2) is 146 Å². The standard InChI is InChI=1S/C39H38ClNOSi/c1-29(42-43(39(2,3)4,34-21-13-7-14-22-34)35-23-15-8-16-24-35)37-28-32-27-33(40)25-26-36(32)41(37)38(30-17-9-5-10-18-30)31-19-11-6-12-20-31/h5-29,38H,1-4H3. The lowest BCUT2D eigenvalue weighted by molar-refractivity contribution is 0.201. The van der Waals surface area contributed by atoms with E-state index >= 15 is 0 Å². The Hall–Kier alpha value is -3.89. The summed E-state index contributed by atoms with van der Waals surface area (Å²) in [6, 6.07) is 51.7. The van der Waals surface area contributed by atoms with E-state index in [0.717, 1.165) is 21.6 Å². The Labute approximate surface area is 261 Å². The molecule has 0 amide bonds. The molecule has 1 aromatic heterocycles. The van der Waals surface area contributed by atoms with Gasteiger partial charge in [-0.05, 0) is 57.7 Å². The van der Waals surface area contributed by atoms with E-state index in [9.17, 15) is 0 Å². The molecule has 0 aliphatic heterocycles. The van der Waals surface area contributed by atoms with Crippen LogP contribution in [0.25, 0.3) is 10.9 Å². The fourth-order valence-corrected chi connectivity index (χ4v) is 11.5. The molecule has 1 atom stereocenters. The summed E-state index contributed by atoms with van der Waals surface area (Å²) < 4.78 is 10.1. The number of nitrogens with zero attached hydrogens (tertiary/aromatic N) is 1. The molecular weight excluding hydrogens is 562 g/mol. The molecule has 0 bridgehead atoms. The van der Waals surface area contributed by atoms with Crippen LogP contribution in [0.4, 0.5) is 0 Å². The first-order valence-corrected chi connectivity index (χ1v) is 17.3. The number of benzene rings is 5. The molecule has 0 fully saturated rings. The highest BCUT2D eigenvalue weighted by atomic mass is 35.5. The molecule has 0 saturated carbocycles. The maximum atomic E-state index is 7.67. The molecule has 0 radical (unpaired) electrons. The van der Waals surface area contributed by atoms with E-state index in [1.54, 1.807) is 0 Å². The van der Waals surface area contributed by atoms with Gasteiger partial charge in [-0.2, -0.15) is 0 Å². The SMILES string of the molecule is CC(O[Si](c1ccccc1)(c1ccccc1)C(C)(C)C)c1cc2cc(Cl)ccc2n1C(c1ccccc1)c1ccccc1. The van der Waals surface area contributed by atoms with E-state index in [1.165, 1.54) is 21.5 Å². The summed E-state index contributed by atoms with van der Waals surface area (Å²) in [7, 11) is -2.81. The Morgan fingerprint density at radius 3 is 1.56 bits per heavy atom. The second-order valence-corrected chi connectivity index (χ2v) is 17.0. The van der Waals surface area contributed by atoms with Crippen LogP contribution in [-0.2, 0) is 4.43 Å². The molecule has 0 spiro atoms. The summed E-state index contributed by atoms with van der Waals surface area (Å²) in [6.45, 7) is 9.22. The van der Waals surface area contributed by atoms with E-state index in [0.29, 0.717) is 0 Å². The number of hydrogen-bond donors (Lipinski definition) is 0. The number of fused-ring (bicyclic) bond motifs is 1. The van der Waals surface area contributed by atoms with Crippen LogP contribution in [0.5, 0.6) is 0 Å². The quantitative estimate of drug-likeness (QED) is 0.159. The van der Waals surface area contributed by atoms with Gasteiger partial charge in [0.2, 0.25) is 0 Å². The molecule has 0 saturated heterocycles. The summed E-state index contributed by atoms with van der Waals surface area (Å²) in [5.74, 6) is 0. The highest BCUT2D eigenvalue weighted by molar-refractivity contribution is 6.99. The maximum absolute atomic E-state index is 7.67. The molecule has 6 aromatic rings. The van der Waals surface area contributed by atoms with Gasteiger partial charge in [0.25, 0.3) is 8.32 Å². The van der Waals surface area contributed by atoms with Gasteiger partial charge in [-0.25, -0.2) is 0 Å². The van der Waals surface area contributed by atoms with Gasteiger partial charge in [-0.15, -0.1) is 0 Å². The van der Waals surface area contributed by atoms with E-state index in [-0.39, 0.29) is 17.2 Å². The van der Waals surface area contributed by atoms with Crippen LogP contribution in [-0.4, -0.2) is 12.9 Å². The number of hydrogen-bond acceptors (Lipinski definition) is 1. The third-order valence-corrected chi connectivity index (χ3v) is 13.9. The van der Waals surface area contributed by atoms with E-state index in [4.69, 9.17) is 16.0 Å². The molecule has 0 aliphatic rings. The normalized spacial score (nSPS) is 13.0. The summed E-state index contributed by atoms with van der Waals surface area (Å²) in [5, 5.41) is 4.25. The molecule has 1 unspecified atom stereocenters. The van der Waals surface area contributed by atoms with Crippen molar-refractivity contribution in [3.05, 3.63) is 167 Å². The number of rotatable bonds is 8. The average molecular weight is 600 g/mol. The molecule has 6 rings (SSSR count). The molecule has 43 heavy (non-hydrogen) atoms. The third-order valence-electron chi connectivity index (χ3n) is 8.51. The molecule has 5 aromatic carbocycles. The largest absolute Gasteiger partial charge is 0.399 e. The second kappa shape index (κ2) is 12.0. The molecule has 2 nitrogen and oxygen atoms in total. The minimum absolute atomic E-state index is 0.0405. The monoisotopic (exact) mass is 599 g/mol. The molecule has 1 heterocycles. The van der Waals surface area contributed by atoms with Crippen molar-refractivity contribution in [2.45, 2.75) is 44.9 Å². The fourth-order valence-electron chi connectivity index (χ4n) is 6.61. The first-order chi connectivity index (χ1) is 20.8. The molecule has 0 N–H and O–H groups in total. The van der Waals surface area contributed by atoms with Crippen LogP contribution in [0.1, 0.15) is 56.7 Å². The Kier molecular flexibility index (Phi) is 8.15. The maximum Gasteiger partial charge on any atom is 0.261 e. The van der Waals surface area contributed by atoms with Crippen molar-refractivity contribution in [1.82, 2.24) is 4.57 Å². The smallest absolute Gasteiger partial charge is 0.261 e. The summed E-state index contributed by atoms with van der Waals surface area (Å²) in [6.07, 6.45) is -0.215. The molecular formula is C39H38ClNOSi. The first-order valence-electron chi connectivity index (χ1n) is 15.0. The zero-order valence-corrected chi connectivity index (χ0v) is 27.0. The average Bonchev–Trinajstić information content (AvgIpc) is 3.39. The van der Waals surface area contributed by atoms with Crippen molar-refractivity contribution in [2.24, 2.45) is 0 Å². The van der Waals surface area contributed by atoms with Crippen molar-refractivity contribution >= 4 is 41.2 Å². The van der Waals surface area contributed by atoms with Gasteiger partial charge in [0.15, 0.2) is 0 Å². The predicted octanol–water partition coefficient (Wildman–Crippen LogP) is 9.57. The van der Waals surface area contributed by atoms with Gasteiger partial charge >= 0.3 is 0 Å². The lowest BCUT2D eigenvalue weighted by Gasteiger charge is -2.45. The Balaban J connectivity index is 1.60. The fraction of sp³-hybridized carbons (Fsp3) is 0.179. The summed E-state index contributed by atoms with van der Waals surface area (Å²) >= 11 is 6.57. The van der Waals surface area contributed by atoms with Gasteiger partial charge in [0.05, 0.1) is 12.1 Å². The van der Waals surface area contributed by atoms with Crippen molar-refractivity contribution in [3.63, 3.8) is 0 Å². The first kappa shape index (κ1) is 29.2. The van der Waals surface area contributed by atoms with Crippen LogP contribution < -0.4 is 10.4 Å². The van der Waals surface area contributed by atoms with Crippen LogP contribution in [0.2, 0.25) is 10.1 Å². The van der Waals surface area contributed by atoms with Gasteiger partial charge in [0.1, 0.15) is 0 Å². The van der Waals surface area contributed by atoms with Gasteiger partial charge in [-0.1, -0.05) is 154 Å². The minimum atomic E-state index is -2.81. The van der Waals surface area contributed by atoms with Crippen LogP contribution in [0, 0.1) is 0 Å². The zero-order chi connectivity index (χ0) is 30.0. The minimum Gasteiger partial charge on any atom is -0.399 e. The molecule has 0 aliphatic carbocycles. The van der Waals surface area contributed by atoms with Gasteiger partial charge < -0.3 is 8.99 Å². The Morgan fingerprint density at radius 2 is 1.09 bits per heavy atom. The lowest BCUT2D eigenvalue weighted by Crippen LogP contribution is -2.66. The Morgan fingerprint density at radius 1 is 0.628 bits per heavy atom. The topological polar surface area (TPSA) is 14.2 Å². The van der Waals surface area contributed by atoms with Gasteiger partial charge in [-0.3, -0.25) is 0 Å². The highest BCUT2D eigenvalue weighted by Crippen LogP contribution is 2.42. The van der Waals surface area contributed by atoms with E-state index in [1.807, 2.05) is 6.07 Å². The van der Waals surface area contributed by atoms with Crippen LogP contribution >= 0.6 is 11.6 Å². The Bertz CT molecular complexity index is 1720. The van der Waals surface area contributed by atoms with Crippen LogP contribution in [0.3, 0.4) is 0 Å². The predicted molar refractivity (Wildman–Crippen MR) is 184 cm³/mol. The molecule has 4 heteroatoms. The highest BCUT2D eigenvalue weighted by Gasteiger charge is 2.51. The number of aromatic nitrogens is 1.